The molecule has 5 rings (SSSR count). The second kappa shape index (κ2) is 8.55. The first kappa shape index (κ1) is 20.4. The number of amides is 2. The molecule has 1 saturated carbocycles. The van der Waals surface area contributed by atoms with Crippen molar-refractivity contribution in [3.8, 4) is 16.8 Å². The number of nitrogens with zero attached hydrogens (tertiary/aromatic N) is 4. The number of aromatic nitrogens is 3. The molecule has 1 aliphatic carbocycles. The highest BCUT2D eigenvalue weighted by Crippen LogP contribution is 2.26. The SMILES string of the molecule is Cc1ccc(C(=O)NC2CC2)cc1-c1cnn(-c2cncc(CN3CCOCC3=O)c2)c1. The number of pyridine rings is 1. The predicted molar refractivity (Wildman–Crippen MR) is 118 cm³/mol. The lowest BCUT2D eigenvalue weighted by Gasteiger charge is -2.26. The third kappa shape index (κ3) is 4.40. The number of hydrogen-bond acceptors (Lipinski definition) is 5. The monoisotopic (exact) mass is 431 g/mol. The van der Waals surface area contributed by atoms with Gasteiger partial charge in [0.2, 0.25) is 5.91 Å². The number of ether oxygens (including phenoxy) is 1. The van der Waals surface area contributed by atoms with Crippen molar-refractivity contribution in [2.24, 2.45) is 0 Å². The lowest BCUT2D eigenvalue weighted by molar-refractivity contribution is -0.143. The van der Waals surface area contributed by atoms with Crippen LogP contribution < -0.4 is 5.32 Å². The fourth-order valence-corrected chi connectivity index (χ4v) is 3.80. The number of benzene rings is 1. The second-order valence-corrected chi connectivity index (χ2v) is 8.37. The Hall–Kier alpha value is -3.52. The summed E-state index contributed by atoms with van der Waals surface area (Å²) < 4.78 is 6.96. The first-order chi connectivity index (χ1) is 15.6. The van der Waals surface area contributed by atoms with Crippen LogP contribution in [-0.2, 0) is 16.1 Å². The molecule has 1 N–H and O–H groups in total. The standard InChI is InChI=1S/C24H25N5O3/c1-16-2-3-18(24(31)27-20-4-5-20)9-22(16)19-11-26-29(14-19)21-8-17(10-25-12-21)13-28-6-7-32-15-23(28)30/h2-3,8-12,14,20H,4-7,13,15H2,1H3,(H,27,31). The molecule has 0 bridgehead atoms. The molecule has 164 valence electrons. The lowest BCUT2D eigenvalue weighted by Crippen LogP contribution is -2.40. The largest absolute Gasteiger partial charge is 0.370 e. The molecule has 0 atom stereocenters. The normalized spacial score (nSPS) is 16.3. The predicted octanol–water partition coefficient (Wildman–Crippen LogP) is 2.49. The summed E-state index contributed by atoms with van der Waals surface area (Å²) in [5, 5.41) is 7.55. The molecule has 1 aromatic carbocycles. The number of aryl methyl sites for hydroxylation is 1. The Balaban J connectivity index is 1.37. The van der Waals surface area contributed by atoms with Gasteiger partial charge in [-0.2, -0.15) is 5.10 Å². The summed E-state index contributed by atoms with van der Waals surface area (Å²) >= 11 is 0. The Morgan fingerprint density at radius 3 is 2.91 bits per heavy atom. The number of carbonyl (C=O) groups is 2. The average molecular weight is 431 g/mol. The smallest absolute Gasteiger partial charge is 0.251 e. The minimum Gasteiger partial charge on any atom is -0.370 e. The Kier molecular flexibility index (Phi) is 5.45. The highest BCUT2D eigenvalue weighted by molar-refractivity contribution is 5.96. The molecular weight excluding hydrogens is 406 g/mol. The zero-order chi connectivity index (χ0) is 22.1. The molecule has 0 unspecified atom stereocenters. The quantitative estimate of drug-likeness (QED) is 0.648. The van der Waals surface area contributed by atoms with Crippen molar-refractivity contribution in [2.45, 2.75) is 32.4 Å². The molecule has 0 radical (unpaired) electrons. The fourth-order valence-electron chi connectivity index (χ4n) is 3.80. The molecule has 1 saturated heterocycles. The molecule has 1 aliphatic heterocycles. The van der Waals surface area contributed by atoms with E-state index in [1.807, 2.05) is 37.4 Å². The maximum Gasteiger partial charge on any atom is 0.251 e. The zero-order valence-electron chi connectivity index (χ0n) is 18.0. The molecule has 32 heavy (non-hydrogen) atoms. The van der Waals surface area contributed by atoms with E-state index >= 15 is 0 Å². The van der Waals surface area contributed by atoms with Crippen LogP contribution in [0.25, 0.3) is 16.8 Å². The molecule has 3 heterocycles. The minimum atomic E-state index is -0.0318. The van der Waals surface area contributed by atoms with E-state index in [1.54, 1.807) is 28.2 Å². The topological polar surface area (TPSA) is 89.3 Å². The highest BCUT2D eigenvalue weighted by atomic mass is 16.5. The zero-order valence-corrected chi connectivity index (χ0v) is 18.0. The van der Waals surface area contributed by atoms with Crippen LogP contribution in [0.5, 0.6) is 0 Å². The fraction of sp³-hybridized carbons (Fsp3) is 0.333. The summed E-state index contributed by atoms with van der Waals surface area (Å²) in [6.07, 6.45) is 9.36. The van der Waals surface area contributed by atoms with Crippen LogP contribution in [0.3, 0.4) is 0 Å². The van der Waals surface area contributed by atoms with Crippen molar-refractivity contribution in [1.82, 2.24) is 25.0 Å². The number of carbonyl (C=O) groups excluding carboxylic acids is 2. The van der Waals surface area contributed by atoms with Gasteiger partial charge >= 0.3 is 0 Å². The summed E-state index contributed by atoms with van der Waals surface area (Å²) in [6.45, 7) is 3.79. The van der Waals surface area contributed by atoms with Crippen LogP contribution in [0.4, 0.5) is 0 Å². The van der Waals surface area contributed by atoms with Crippen LogP contribution in [0.2, 0.25) is 0 Å². The molecule has 2 aliphatic rings. The lowest BCUT2D eigenvalue weighted by atomic mass is 10.0. The van der Waals surface area contributed by atoms with E-state index in [0.717, 1.165) is 40.8 Å². The van der Waals surface area contributed by atoms with Crippen LogP contribution >= 0.6 is 0 Å². The van der Waals surface area contributed by atoms with Crippen molar-refractivity contribution in [1.29, 1.82) is 0 Å². The number of hydrogen-bond donors (Lipinski definition) is 1. The van der Waals surface area contributed by atoms with Crippen molar-refractivity contribution in [2.75, 3.05) is 19.8 Å². The van der Waals surface area contributed by atoms with Crippen LogP contribution in [0.15, 0.2) is 49.1 Å². The molecule has 3 aromatic rings. The van der Waals surface area contributed by atoms with Gasteiger partial charge in [0.1, 0.15) is 6.61 Å². The van der Waals surface area contributed by atoms with E-state index in [2.05, 4.69) is 15.4 Å². The van der Waals surface area contributed by atoms with Crippen molar-refractivity contribution < 1.29 is 14.3 Å². The molecule has 2 fully saturated rings. The average Bonchev–Trinajstić information content (AvgIpc) is 3.47. The molecule has 2 aromatic heterocycles. The van der Waals surface area contributed by atoms with Crippen LogP contribution in [-0.4, -0.2) is 57.3 Å². The van der Waals surface area contributed by atoms with Gasteiger partial charge in [0.25, 0.3) is 5.91 Å². The second-order valence-electron chi connectivity index (χ2n) is 8.37. The summed E-state index contributed by atoms with van der Waals surface area (Å²) in [7, 11) is 0. The van der Waals surface area contributed by atoms with E-state index in [1.165, 1.54) is 0 Å². The minimum absolute atomic E-state index is 0.0101. The van der Waals surface area contributed by atoms with Crippen molar-refractivity contribution >= 4 is 11.8 Å². The van der Waals surface area contributed by atoms with Crippen molar-refractivity contribution in [3.05, 3.63) is 65.7 Å². The Morgan fingerprint density at radius 2 is 2.09 bits per heavy atom. The van der Waals surface area contributed by atoms with E-state index in [-0.39, 0.29) is 18.4 Å². The first-order valence-electron chi connectivity index (χ1n) is 10.8. The number of nitrogens with one attached hydrogen (secondary N) is 1. The van der Waals surface area contributed by atoms with Gasteiger partial charge in [-0.1, -0.05) is 6.07 Å². The van der Waals surface area contributed by atoms with Gasteiger partial charge in [-0.25, -0.2) is 4.68 Å². The summed E-state index contributed by atoms with van der Waals surface area (Å²) in [4.78, 5) is 30.6. The van der Waals surface area contributed by atoms with Gasteiger partial charge in [-0.05, 0) is 54.7 Å². The van der Waals surface area contributed by atoms with Gasteiger partial charge in [-0.3, -0.25) is 14.6 Å². The molecule has 2 amide bonds. The van der Waals surface area contributed by atoms with Gasteiger partial charge < -0.3 is 15.0 Å². The third-order valence-corrected chi connectivity index (χ3v) is 5.81. The molecule has 8 heteroatoms. The van der Waals surface area contributed by atoms with E-state index < -0.39 is 0 Å². The maximum absolute atomic E-state index is 12.5. The first-order valence-corrected chi connectivity index (χ1v) is 10.8. The Morgan fingerprint density at radius 1 is 1.22 bits per heavy atom. The summed E-state index contributed by atoms with van der Waals surface area (Å²) in [5.74, 6) is -0.0418. The third-order valence-electron chi connectivity index (χ3n) is 5.81. The maximum atomic E-state index is 12.5. The highest BCUT2D eigenvalue weighted by Gasteiger charge is 2.24. The van der Waals surface area contributed by atoms with E-state index in [0.29, 0.717) is 31.3 Å². The van der Waals surface area contributed by atoms with Crippen LogP contribution in [0.1, 0.15) is 34.3 Å². The van der Waals surface area contributed by atoms with Crippen LogP contribution in [0, 0.1) is 6.92 Å². The summed E-state index contributed by atoms with van der Waals surface area (Å²) in [5.41, 5.74) is 5.38. The summed E-state index contributed by atoms with van der Waals surface area (Å²) in [6, 6.07) is 8.06. The Bertz CT molecular complexity index is 1170. The molecular formula is C24H25N5O3. The van der Waals surface area contributed by atoms with Gasteiger partial charge in [0.05, 0.1) is 24.7 Å². The molecule has 0 spiro atoms. The van der Waals surface area contributed by atoms with Gasteiger partial charge in [-0.15, -0.1) is 0 Å². The van der Waals surface area contributed by atoms with E-state index in [4.69, 9.17) is 4.74 Å². The molecule has 8 nitrogen and oxygen atoms in total. The number of morpholine rings is 1. The number of rotatable bonds is 6. The van der Waals surface area contributed by atoms with E-state index in [9.17, 15) is 9.59 Å². The van der Waals surface area contributed by atoms with Gasteiger partial charge in [0, 0.05) is 42.7 Å². The van der Waals surface area contributed by atoms with Crippen molar-refractivity contribution in [3.63, 3.8) is 0 Å². The Labute approximate surface area is 186 Å². The van der Waals surface area contributed by atoms with Gasteiger partial charge in [0.15, 0.2) is 0 Å².